The number of carbonyl (C=O) groups excluding carboxylic acids is 3. The third-order valence-electron chi connectivity index (χ3n) is 4.58. The fourth-order valence-corrected chi connectivity index (χ4v) is 3.70. The van der Waals surface area contributed by atoms with Crippen molar-refractivity contribution < 1.29 is 14.4 Å². The maximum atomic E-state index is 13.0. The van der Waals surface area contributed by atoms with Crippen molar-refractivity contribution >= 4 is 74.8 Å². The van der Waals surface area contributed by atoms with E-state index in [9.17, 15) is 14.4 Å². The highest BCUT2D eigenvalue weighted by Crippen LogP contribution is 2.24. The zero-order valence-electron chi connectivity index (χ0n) is 16.7. The summed E-state index contributed by atoms with van der Waals surface area (Å²) in [6.07, 6.45) is 0. The van der Waals surface area contributed by atoms with Crippen LogP contribution in [-0.4, -0.2) is 22.4 Å². The number of hydrogen-bond donors (Lipinski definition) is 3. The molecule has 1 heterocycles. The molecule has 166 valence electrons. The highest BCUT2D eigenvalue weighted by Gasteiger charge is 2.21. The predicted octanol–water partition coefficient (Wildman–Crippen LogP) is 5.56. The molecule has 0 spiro atoms. The molecule has 0 atom stereocenters. The Morgan fingerprint density at radius 2 is 1.27 bits per heavy atom. The van der Waals surface area contributed by atoms with Gasteiger partial charge in [0, 0.05) is 31.8 Å². The molecule has 7 nitrogen and oxygen atoms in total. The van der Waals surface area contributed by atoms with Crippen LogP contribution in [0.1, 0.15) is 10.5 Å². The summed E-state index contributed by atoms with van der Waals surface area (Å²) in [5.74, 6) is -2.45. The summed E-state index contributed by atoms with van der Waals surface area (Å²) in [5.41, 5.74) is 3.84. The van der Waals surface area contributed by atoms with Gasteiger partial charge in [0.05, 0.1) is 5.52 Å². The van der Waals surface area contributed by atoms with Crippen molar-refractivity contribution in [3.63, 3.8) is 0 Å². The van der Waals surface area contributed by atoms with Crippen LogP contribution in [0.25, 0.3) is 10.9 Å². The summed E-state index contributed by atoms with van der Waals surface area (Å²) in [6, 6.07) is 19.4. The van der Waals surface area contributed by atoms with Crippen molar-refractivity contribution in [2.24, 2.45) is 0 Å². The fraction of sp³-hybridized carbons (Fsp3) is 0. The van der Waals surface area contributed by atoms with Crippen molar-refractivity contribution in [2.75, 3.05) is 16.1 Å². The molecule has 3 amide bonds. The number of hydrogen-bond acceptors (Lipinski definition) is 3. The van der Waals surface area contributed by atoms with Gasteiger partial charge in [0.2, 0.25) is 0 Å². The minimum Gasteiger partial charge on any atom is -0.321 e. The second kappa shape index (κ2) is 9.54. The molecule has 3 N–H and O–H groups in total. The number of nitrogens with one attached hydrogen (secondary N) is 3. The Labute approximate surface area is 203 Å². The van der Waals surface area contributed by atoms with Gasteiger partial charge in [-0.05, 0) is 60.7 Å². The van der Waals surface area contributed by atoms with Gasteiger partial charge < -0.3 is 10.6 Å². The van der Waals surface area contributed by atoms with Gasteiger partial charge in [-0.25, -0.2) is 4.68 Å². The lowest BCUT2D eigenvalue weighted by Gasteiger charge is -2.13. The minimum absolute atomic E-state index is 0.0798. The summed E-state index contributed by atoms with van der Waals surface area (Å²) >= 11 is 18.0. The standard InChI is InChI=1S/C23H15Cl3N4O3/c24-14-3-1-5-17(11-14)27-21(31)20-10-13-9-16(26)7-8-19(13)30(20)29-23(33)22(32)28-18-6-2-4-15(25)12-18/h1-12H,(H,27,31)(H,28,32)(H,29,33). The van der Waals surface area contributed by atoms with E-state index in [1.807, 2.05) is 0 Å². The van der Waals surface area contributed by atoms with Gasteiger partial charge in [-0.3, -0.25) is 19.8 Å². The zero-order valence-corrected chi connectivity index (χ0v) is 19.0. The Morgan fingerprint density at radius 3 is 1.91 bits per heavy atom. The van der Waals surface area contributed by atoms with Gasteiger partial charge in [-0.1, -0.05) is 46.9 Å². The van der Waals surface area contributed by atoms with E-state index in [1.165, 1.54) is 10.7 Å². The normalized spacial score (nSPS) is 10.6. The molecular formula is C23H15Cl3N4O3. The summed E-state index contributed by atoms with van der Waals surface area (Å²) in [4.78, 5) is 38.1. The first-order chi connectivity index (χ1) is 15.8. The third kappa shape index (κ3) is 5.28. The highest BCUT2D eigenvalue weighted by molar-refractivity contribution is 6.42. The number of benzene rings is 3. The average Bonchev–Trinajstić information content (AvgIpc) is 3.11. The molecule has 33 heavy (non-hydrogen) atoms. The van der Waals surface area contributed by atoms with E-state index in [-0.39, 0.29) is 5.69 Å². The summed E-state index contributed by atoms with van der Waals surface area (Å²) in [6.45, 7) is 0. The molecular weight excluding hydrogens is 487 g/mol. The molecule has 0 saturated heterocycles. The lowest BCUT2D eigenvalue weighted by Crippen LogP contribution is -2.36. The molecule has 1 aromatic heterocycles. The van der Waals surface area contributed by atoms with Gasteiger partial charge in [0.1, 0.15) is 5.69 Å². The fourth-order valence-electron chi connectivity index (χ4n) is 3.14. The van der Waals surface area contributed by atoms with Gasteiger partial charge in [0.25, 0.3) is 5.91 Å². The Morgan fingerprint density at radius 1 is 0.667 bits per heavy atom. The van der Waals surface area contributed by atoms with Gasteiger partial charge >= 0.3 is 11.8 Å². The second-order valence-corrected chi connectivity index (χ2v) is 8.25. The van der Waals surface area contributed by atoms with Crippen LogP contribution in [0, 0.1) is 0 Å². The first-order valence-electron chi connectivity index (χ1n) is 9.56. The molecule has 10 heteroatoms. The second-order valence-electron chi connectivity index (χ2n) is 6.94. The maximum absolute atomic E-state index is 13.0. The first-order valence-corrected chi connectivity index (χ1v) is 10.7. The van der Waals surface area contributed by atoms with Crippen LogP contribution in [-0.2, 0) is 9.59 Å². The van der Waals surface area contributed by atoms with Crippen LogP contribution < -0.4 is 16.1 Å². The maximum Gasteiger partial charge on any atom is 0.328 e. The molecule has 4 rings (SSSR count). The lowest BCUT2D eigenvalue weighted by atomic mass is 10.2. The van der Waals surface area contributed by atoms with Crippen molar-refractivity contribution in [3.8, 4) is 0 Å². The number of aromatic nitrogens is 1. The average molecular weight is 502 g/mol. The SMILES string of the molecule is O=C(Nc1cccc(Cl)c1)C(=O)Nn1c(C(=O)Nc2cccc(Cl)c2)cc2cc(Cl)ccc21. The molecule has 0 aliphatic carbocycles. The number of nitrogens with zero attached hydrogens (tertiary/aromatic N) is 1. The van der Waals surface area contributed by atoms with Crippen molar-refractivity contribution in [1.82, 2.24) is 4.68 Å². The summed E-state index contributed by atoms with van der Waals surface area (Å²) < 4.78 is 1.23. The lowest BCUT2D eigenvalue weighted by molar-refractivity contribution is -0.133. The van der Waals surface area contributed by atoms with Crippen molar-refractivity contribution in [1.29, 1.82) is 0 Å². The zero-order chi connectivity index (χ0) is 23.5. The molecule has 0 aliphatic heterocycles. The van der Waals surface area contributed by atoms with Crippen LogP contribution in [0.2, 0.25) is 15.1 Å². The van der Waals surface area contributed by atoms with Crippen LogP contribution in [0.4, 0.5) is 11.4 Å². The number of fused-ring (bicyclic) bond motifs is 1. The van der Waals surface area contributed by atoms with E-state index < -0.39 is 17.7 Å². The predicted molar refractivity (Wildman–Crippen MR) is 131 cm³/mol. The topological polar surface area (TPSA) is 92.2 Å². The first kappa shape index (κ1) is 22.7. The van der Waals surface area contributed by atoms with Crippen LogP contribution in [0.5, 0.6) is 0 Å². The van der Waals surface area contributed by atoms with E-state index in [1.54, 1.807) is 66.7 Å². The Kier molecular flexibility index (Phi) is 6.55. The minimum atomic E-state index is -0.987. The summed E-state index contributed by atoms with van der Waals surface area (Å²) in [5, 5.41) is 7.08. The Balaban J connectivity index is 1.63. The monoisotopic (exact) mass is 500 g/mol. The molecule has 0 aliphatic rings. The van der Waals surface area contributed by atoms with Crippen LogP contribution in [0.3, 0.4) is 0 Å². The van der Waals surface area contributed by atoms with Gasteiger partial charge in [0.15, 0.2) is 0 Å². The molecule has 0 fully saturated rings. The molecule has 0 saturated carbocycles. The molecule has 4 aromatic rings. The van der Waals surface area contributed by atoms with E-state index in [0.29, 0.717) is 37.3 Å². The van der Waals surface area contributed by atoms with Crippen LogP contribution >= 0.6 is 34.8 Å². The molecule has 0 unspecified atom stereocenters. The van der Waals surface area contributed by atoms with Crippen molar-refractivity contribution in [2.45, 2.75) is 0 Å². The number of carbonyl (C=O) groups is 3. The van der Waals surface area contributed by atoms with E-state index in [0.717, 1.165) is 0 Å². The smallest absolute Gasteiger partial charge is 0.321 e. The highest BCUT2D eigenvalue weighted by atomic mass is 35.5. The summed E-state index contributed by atoms with van der Waals surface area (Å²) in [7, 11) is 0. The Hall–Kier alpha value is -3.52. The molecule has 0 bridgehead atoms. The Bertz CT molecular complexity index is 1400. The molecule has 0 radical (unpaired) electrons. The quantitative estimate of drug-likeness (QED) is 0.320. The van der Waals surface area contributed by atoms with Crippen molar-refractivity contribution in [3.05, 3.63) is 93.6 Å². The van der Waals surface area contributed by atoms with E-state index >= 15 is 0 Å². The van der Waals surface area contributed by atoms with E-state index in [2.05, 4.69) is 16.1 Å². The van der Waals surface area contributed by atoms with E-state index in [4.69, 9.17) is 34.8 Å². The van der Waals surface area contributed by atoms with Gasteiger partial charge in [-0.2, -0.15) is 0 Å². The number of halogens is 3. The molecule has 3 aromatic carbocycles. The number of rotatable bonds is 4. The van der Waals surface area contributed by atoms with Crippen LogP contribution in [0.15, 0.2) is 72.8 Å². The largest absolute Gasteiger partial charge is 0.328 e. The number of amides is 3. The number of anilines is 2. The third-order valence-corrected chi connectivity index (χ3v) is 5.29. The van der Waals surface area contributed by atoms with Gasteiger partial charge in [-0.15, -0.1) is 0 Å².